The summed E-state index contributed by atoms with van der Waals surface area (Å²) in [5, 5.41) is 9.92. The minimum atomic E-state index is -0.254. The second-order valence-corrected chi connectivity index (χ2v) is 7.75. The van der Waals surface area contributed by atoms with Crippen molar-refractivity contribution in [1.82, 2.24) is 14.8 Å². The van der Waals surface area contributed by atoms with E-state index in [4.69, 9.17) is 0 Å². The molecule has 0 unspecified atom stereocenters. The Morgan fingerprint density at radius 3 is 2.73 bits per heavy atom. The van der Waals surface area contributed by atoms with Crippen LogP contribution in [0.4, 0.5) is 0 Å². The lowest BCUT2D eigenvalue weighted by atomic mass is 9.73. The van der Waals surface area contributed by atoms with Crippen molar-refractivity contribution in [2.24, 2.45) is 0 Å². The van der Waals surface area contributed by atoms with Gasteiger partial charge in [-0.25, -0.2) is 0 Å². The molecule has 2 aromatic rings. The minimum absolute atomic E-state index is 0.0129. The van der Waals surface area contributed by atoms with Crippen molar-refractivity contribution in [3.8, 4) is 11.8 Å². The van der Waals surface area contributed by atoms with Gasteiger partial charge in [-0.3, -0.25) is 14.6 Å². The number of carbonyl (C=O) groups excluding carboxylic acids is 2. The number of fused-ring (bicyclic) bond motifs is 1. The van der Waals surface area contributed by atoms with E-state index in [-0.39, 0.29) is 43.0 Å². The van der Waals surface area contributed by atoms with Crippen molar-refractivity contribution in [2.45, 2.75) is 37.8 Å². The van der Waals surface area contributed by atoms with Crippen molar-refractivity contribution in [3.05, 3.63) is 65.5 Å². The first kappa shape index (κ1) is 20.1. The van der Waals surface area contributed by atoms with Gasteiger partial charge in [-0.2, -0.15) is 0 Å². The van der Waals surface area contributed by atoms with Gasteiger partial charge in [0.1, 0.15) is 6.54 Å². The highest BCUT2D eigenvalue weighted by atomic mass is 16.3. The maximum Gasteiger partial charge on any atom is 0.255 e. The molecule has 1 aromatic heterocycles. The topological polar surface area (TPSA) is 73.7 Å². The molecular formula is C24H25N3O3. The molecule has 0 radical (unpaired) electrons. The van der Waals surface area contributed by atoms with Gasteiger partial charge in [0.25, 0.3) is 5.91 Å². The van der Waals surface area contributed by atoms with Crippen molar-refractivity contribution >= 4 is 11.8 Å². The maximum absolute atomic E-state index is 12.8. The molecule has 4 rings (SSSR count). The monoisotopic (exact) mass is 403 g/mol. The fourth-order valence-corrected chi connectivity index (χ4v) is 4.40. The van der Waals surface area contributed by atoms with Gasteiger partial charge in [0, 0.05) is 36.8 Å². The predicted octanol–water partition coefficient (Wildman–Crippen LogP) is 2.04. The van der Waals surface area contributed by atoms with Gasteiger partial charge < -0.3 is 14.9 Å². The number of rotatable bonds is 4. The number of aliphatic hydroxyl groups is 1. The summed E-state index contributed by atoms with van der Waals surface area (Å²) in [6.07, 6.45) is 5.04. The summed E-state index contributed by atoms with van der Waals surface area (Å²) in [4.78, 5) is 32.9. The highest BCUT2D eigenvalue weighted by Gasteiger charge is 2.54. The highest BCUT2D eigenvalue weighted by Crippen LogP contribution is 2.43. The summed E-state index contributed by atoms with van der Waals surface area (Å²) in [6.45, 7) is 2.47. The van der Waals surface area contributed by atoms with Crippen LogP contribution < -0.4 is 0 Å². The number of carbonyl (C=O) groups is 2. The van der Waals surface area contributed by atoms with E-state index in [0.29, 0.717) is 12.1 Å². The fraction of sp³-hybridized carbons (Fsp3) is 0.375. The molecule has 0 saturated carbocycles. The summed E-state index contributed by atoms with van der Waals surface area (Å²) in [5.74, 6) is 5.97. The third kappa shape index (κ3) is 3.69. The van der Waals surface area contributed by atoms with Crippen LogP contribution in [0.2, 0.25) is 0 Å². The van der Waals surface area contributed by atoms with E-state index in [1.807, 2.05) is 24.3 Å². The van der Waals surface area contributed by atoms with Crippen LogP contribution in [0.15, 0.2) is 48.8 Å². The Labute approximate surface area is 176 Å². The van der Waals surface area contributed by atoms with Gasteiger partial charge in [0.15, 0.2) is 0 Å². The van der Waals surface area contributed by atoms with Crippen molar-refractivity contribution in [3.63, 3.8) is 0 Å². The Kier molecular flexibility index (Phi) is 5.82. The quantitative estimate of drug-likeness (QED) is 0.793. The first-order valence-electron chi connectivity index (χ1n) is 10.3. The second-order valence-electron chi connectivity index (χ2n) is 7.75. The zero-order chi connectivity index (χ0) is 21.1. The molecule has 154 valence electrons. The van der Waals surface area contributed by atoms with Crippen LogP contribution >= 0.6 is 0 Å². The molecule has 2 aliphatic heterocycles. The molecule has 3 atom stereocenters. The van der Waals surface area contributed by atoms with E-state index in [1.54, 1.807) is 28.1 Å². The van der Waals surface area contributed by atoms with Gasteiger partial charge in [0.05, 0.1) is 24.3 Å². The number of aromatic nitrogens is 1. The molecule has 6 nitrogen and oxygen atoms in total. The molecule has 1 N–H and O–H groups in total. The second kappa shape index (κ2) is 8.68. The largest absolute Gasteiger partial charge is 0.394 e. The van der Waals surface area contributed by atoms with Crippen LogP contribution in [-0.2, 0) is 4.79 Å². The van der Waals surface area contributed by atoms with Crippen LogP contribution in [-0.4, -0.2) is 63.5 Å². The number of pyridine rings is 1. The number of hydrogen-bond acceptors (Lipinski definition) is 4. The number of benzene rings is 1. The number of amides is 2. The smallest absolute Gasteiger partial charge is 0.255 e. The summed E-state index contributed by atoms with van der Waals surface area (Å²) in [7, 11) is 0. The number of piperazine rings is 1. The molecule has 2 fully saturated rings. The molecule has 6 heteroatoms. The molecule has 0 aliphatic carbocycles. The average molecular weight is 403 g/mol. The standard InChI is InChI=1S/C24H25N3O3/c1-2-3-4-6-17-8-10-18(11-9-17)23-20-14-26(15-22(29)27(20)21(23)16-28)24(30)19-7-5-12-25-13-19/h5,7-13,20-21,23,28H,2-3,14-16H2,1H3/t20-,21-,23+/m0/s1. The van der Waals surface area contributed by atoms with Crippen molar-refractivity contribution in [2.75, 3.05) is 19.7 Å². The third-order valence-corrected chi connectivity index (χ3v) is 5.85. The van der Waals surface area contributed by atoms with E-state index in [9.17, 15) is 14.7 Å². The SMILES string of the molecule is CCCC#Cc1ccc([C@H]2[C@H](CO)N3C(=O)CN(C(=O)c4cccnc4)C[C@@H]23)cc1. The summed E-state index contributed by atoms with van der Waals surface area (Å²) < 4.78 is 0. The Morgan fingerprint density at radius 1 is 1.27 bits per heavy atom. The lowest BCUT2D eigenvalue weighted by Crippen LogP contribution is -2.73. The Bertz CT molecular complexity index is 978. The molecule has 2 amide bonds. The summed E-state index contributed by atoms with van der Waals surface area (Å²) in [5.41, 5.74) is 2.49. The van der Waals surface area contributed by atoms with Crippen molar-refractivity contribution in [1.29, 1.82) is 0 Å². The zero-order valence-electron chi connectivity index (χ0n) is 17.0. The number of nitrogens with zero attached hydrogens (tertiary/aromatic N) is 3. The first-order chi connectivity index (χ1) is 14.6. The molecule has 1 aromatic carbocycles. The molecule has 30 heavy (non-hydrogen) atoms. The molecule has 2 aliphatic rings. The fourth-order valence-electron chi connectivity index (χ4n) is 4.40. The predicted molar refractivity (Wildman–Crippen MR) is 113 cm³/mol. The van der Waals surface area contributed by atoms with Gasteiger partial charge in [0.2, 0.25) is 5.91 Å². The van der Waals surface area contributed by atoms with Crippen LogP contribution in [0.1, 0.15) is 47.2 Å². The Hall–Kier alpha value is -3.17. The van der Waals surface area contributed by atoms with Crippen LogP contribution in [0, 0.1) is 11.8 Å². The number of hydrogen-bond donors (Lipinski definition) is 1. The third-order valence-electron chi connectivity index (χ3n) is 5.85. The Balaban J connectivity index is 1.54. The van der Waals surface area contributed by atoms with E-state index in [2.05, 4.69) is 23.7 Å². The van der Waals surface area contributed by atoms with Gasteiger partial charge >= 0.3 is 0 Å². The van der Waals surface area contributed by atoms with Gasteiger partial charge in [-0.15, -0.1) is 0 Å². The molecular weight excluding hydrogens is 378 g/mol. The number of unbranched alkanes of at least 4 members (excludes halogenated alkanes) is 1. The molecule has 3 heterocycles. The van der Waals surface area contributed by atoms with E-state index < -0.39 is 0 Å². The van der Waals surface area contributed by atoms with Gasteiger partial charge in [-0.05, 0) is 36.2 Å². The van der Waals surface area contributed by atoms with Crippen LogP contribution in [0.3, 0.4) is 0 Å². The van der Waals surface area contributed by atoms with Crippen LogP contribution in [0.25, 0.3) is 0 Å². The van der Waals surface area contributed by atoms with E-state index in [0.717, 1.165) is 24.0 Å². The molecule has 2 saturated heterocycles. The first-order valence-corrected chi connectivity index (χ1v) is 10.3. The molecule has 0 spiro atoms. The zero-order valence-corrected chi connectivity index (χ0v) is 17.0. The van der Waals surface area contributed by atoms with Crippen molar-refractivity contribution < 1.29 is 14.7 Å². The van der Waals surface area contributed by atoms with Crippen LogP contribution in [0.5, 0.6) is 0 Å². The Morgan fingerprint density at radius 2 is 2.07 bits per heavy atom. The molecule has 0 bridgehead atoms. The van der Waals surface area contributed by atoms with E-state index in [1.165, 1.54) is 6.20 Å². The lowest BCUT2D eigenvalue weighted by Gasteiger charge is -2.58. The maximum atomic E-state index is 12.8. The highest BCUT2D eigenvalue weighted by molar-refractivity contribution is 5.97. The summed E-state index contributed by atoms with van der Waals surface area (Å²) in [6, 6.07) is 11.0. The number of aliphatic hydroxyl groups excluding tert-OH is 1. The minimum Gasteiger partial charge on any atom is -0.394 e. The lowest BCUT2D eigenvalue weighted by molar-refractivity contribution is -0.159. The van der Waals surface area contributed by atoms with Gasteiger partial charge in [-0.1, -0.05) is 30.9 Å². The normalized spacial score (nSPS) is 22.6. The average Bonchev–Trinajstić information content (AvgIpc) is 2.76. The summed E-state index contributed by atoms with van der Waals surface area (Å²) >= 11 is 0. The van der Waals surface area contributed by atoms with E-state index >= 15 is 0 Å².